The Kier molecular flexibility index (Phi) is 6.90. The third-order valence-corrected chi connectivity index (χ3v) is 5.42. The summed E-state index contributed by atoms with van der Waals surface area (Å²) in [7, 11) is 0. The largest absolute Gasteiger partial charge is 0.465 e. The number of hydrogen-bond acceptors (Lipinski definition) is 5. The monoisotopic (exact) mass is 413 g/mol. The smallest absolute Gasteiger partial charge is 0.324 e. The molecule has 0 aliphatic carbocycles. The van der Waals surface area contributed by atoms with Gasteiger partial charge in [-0.25, -0.2) is 0 Å². The summed E-state index contributed by atoms with van der Waals surface area (Å²) in [4.78, 5) is 12.6. The summed E-state index contributed by atoms with van der Waals surface area (Å²) < 4.78 is 7.21. The molecular weight excluding hydrogens is 394 g/mol. The number of ether oxygens (including phenoxy) is 1. The number of nitrogens with zero attached hydrogens (tertiary/aromatic N) is 3. The molecule has 2 aromatic carbocycles. The number of benzene rings is 2. The van der Waals surface area contributed by atoms with Crippen LogP contribution in [0.1, 0.15) is 17.7 Å². The van der Waals surface area contributed by atoms with E-state index < -0.39 is 5.25 Å². The summed E-state index contributed by atoms with van der Waals surface area (Å²) in [6.45, 7) is 6.45. The van der Waals surface area contributed by atoms with Crippen molar-refractivity contribution < 1.29 is 9.53 Å². The standard InChI is InChI=1S/C21H20ClN3O2S/c1-3-14-25-19(16-10-12-17(22)13-11-16)23-24-21(25)28-18(20(26)27-4-2)15-8-6-5-7-9-15/h3,5-13,18H,1,4,14H2,2H3. The molecule has 5 nitrogen and oxygen atoms in total. The van der Waals surface area contributed by atoms with Gasteiger partial charge in [-0.05, 0) is 36.8 Å². The van der Waals surface area contributed by atoms with Gasteiger partial charge in [0, 0.05) is 17.1 Å². The third kappa shape index (κ3) is 4.64. The van der Waals surface area contributed by atoms with E-state index in [0.717, 1.165) is 11.1 Å². The second kappa shape index (κ2) is 9.57. The maximum atomic E-state index is 12.6. The van der Waals surface area contributed by atoms with Crippen molar-refractivity contribution >= 4 is 29.3 Å². The lowest BCUT2D eigenvalue weighted by Gasteiger charge is -2.16. The van der Waals surface area contributed by atoms with Gasteiger partial charge >= 0.3 is 5.97 Å². The fraction of sp³-hybridized carbons (Fsp3) is 0.190. The van der Waals surface area contributed by atoms with Crippen molar-refractivity contribution in [2.45, 2.75) is 23.9 Å². The predicted molar refractivity (Wildman–Crippen MR) is 112 cm³/mol. The van der Waals surface area contributed by atoms with Crippen LogP contribution in [0.3, 0.4) is 0 Å². The summed E-state index contributed by atoms with van der Waals surface area (Å²) in [5.41, 5.74) is 1.74. The Morgan fingerprint density at radius 1 is 1.21 bits per heavy atom. The van der Waals surface area contributed by atoms with Crippen LogP contribution in [0.15, 0.2) is 72.4 Å². The van der Waals surface area contributed by atoms with E-state index in [4.69, 9.17) is 16.3 Å². The Balaban J connectivity index is 1.98. The minimum atomic E-state index is -0.535. The minimum absolute atomic E-state index is 0.306. The van der Waals surface area contributed by atoms with Crippen molar-refractivity contribution in [3.05, 3.63) is 77.8 Å². The highest BCUT2D eigenvalue weighted by atomic mass is 35.5. The van der Waals surface area contributed by atoms with Crippen molar-refractivity contribution in [3.8, 4) is 11.4 Å². The summed E-state index contributed by atoms with van der Waals surface area (Å²) in [6, 6.07) is 16.9. The Bertz CT molecular complexity index is 942. The minimum Gasteiger partial charge on any atom is -0.465 e. The van der Waals surface area contributed by atoms with Gasteiger partial charge in [0.2, 0.25) is 0 Å². The van der Waals surface area contributed by atoms with Gasteiger partial charge in [0.15, 0.2) is 11.0 Å². The Hall–Kier alpha value is -2.57. The lowest BCUT2D eigenvalue weighted by molar-refractivity contribution is -0.142. The van der Waals surface area contributed by atoms with Crippen LogP contribution in [0, 0.1) is 0 Å². The number of thioether (sulfide) groups is 1. The molecule has 7 heteroatoms. The number of aromatic nitrogens is 3. The van der Waals surface area contributed by atoms with Gasteiger partial charge in [-0.2, -0.15) is 0 Å². The molecule has 28 heavy (non-hydrogen) atoms. The van der Waals surface area contributed by atoms with Crippen LogP contribution in [0.4, 0.5) is 0 Å². The summed E-state index contributed by atoms with van der Waals surface area (Å²) in [5, 5.41) is 9.40. The molecule has 0 fully saturated rings. The molecule has 0 spiro atoms. The molecule has 0 aliphatic heterocycles. The Labute approximate surface area is 173 Å². The zero-order chi connectivity index (χ0) is 19.9. The van der Waals surface area contributed by atoms with E-state index in [9.17, 15) is 4.79 Å². The first-order chi connectivity index (χ1) is 13.6. The molecule has 3 aromatic rings. The van der Waals surface area contributed by atoms with Crippen molar-refractivity contribution in [3.63, 3.8) is 0 Å². The first-order valence-electron chi connectivity index (χ1n) is 8.82. The lowest BCUT2D eigenvalue weighted by Crippen LogP contribution is -2.14. The first-order valence-corrected chi connectivity index (χ1v) is 10.1. The van der Waals surface area contributed by atoms with Crippen LogP contribution in [0.5, 0.6) is 0 Å². The van der Waals surface area contributed by atoms with Gasteiger partial charge in [-0.15, -0.1) is 16.8 Å². The maximum absolute atomic E-state index is 12.6. The van der Waals surface area contributed by atoms with E-state index in [2.05, 4.69) is 16.8 Å². The summed E-state index contributed by atoms with van der Waals surface area (Å²) in [5.74, 6) is 0.384. The quantitative estimate of drug-likeness (QED) is 0.289. The molecule has 0 saturated heterocycles. The molecule has 3 rings (SSSR count). The number of esters is 1. The predicted octanol–water partition coefficient (Wildman–Crippen LogP) is 5.18. The molecule has 0 aliphatic rings. The van der Waals surface area contributed by atoms with Crippen molar-refractivity contribution in [2.75, 3.05) is 6.61 Å². The van der Waals surface area contributed by atoms with Crippen LogP contribution < -0.4 is 0 Å². The molecule has 1 heterocycles. The van der Waals surface area contributed by atoms with E-state index in [1.54, 1.807) is 13.0 Å². The Morgan fingerprint density at radius 3 is 2.57 bits per heavy atom. The van der Waals surface area contributed by atoms with Crippen molar-refractivity contribution in [1.29, 1.82) is 0 Å². The zero-order valence-corrected chi connectivity index (χ0v) is 17.0. The van der Waals surface area contributed by atoms with Gasteiger partial charge in [-0.3, -0.25) is 9.36 Å². The highest BCUT2D eigenvalue weighted by Gasteiger charge is 2.26. The van der Waals surface area contributed by atoms with Crippen molar-refractivity contribution in [2.24, 2.45) is 0 Å². The zero-order valence-electron chi connectivity index (χ0n) is 15.4. The molecule has 1 unspecified atom stereocenters. The summed E-state index contributed by atoms with van der Waals surface area (Å²) in [6.07, 6.45) is 1.77. The van der Waals surface area contributed by atoms with E-state index in [-0.39, 0.29) is 5.97 Å². The second-order valence-electron chi connectivity index (χ2n) is 5.87. The van der Waals surface area contributed by atoms with Crippen LogP contribution >= 0.6 is 23.4 Å². The van der Waals surface area contributed by atoms with Gasteiger partial charge < -0.3 is 4.74 Å². The number of halogens is 1. The van der Waals surface area contributed by atoms with Crippen LogP contribution in [0.2, 0.25) is 5.02 Å². The maximum Gasteiger partial charge on any atom is 0.324 e. The van der Waals surface area contributed by atoms with E-state index >= 15 is 0 Å². The number of carbonyl (C=O) groups is 1. The molecule has 0 radical (unpaired) electrons. The SMILES string of the molecule is C=CCn1c(SC(C(=O)OCC)c2ccccc2)nnc1-c1ccc(Cl)cc1. The topological polar surface area (TPSA) is 57.0 Å². The number of allylic oxidation sites excluding steroid dienone is 1. The average Bonchev–Trinajstić information content (AvgIpc) is 3.10. The highest BCUT2D eigenvalue weighted by molar-refractivity contribution is 8.00. The Morgan fingerprint density at radius 2 is 1.93 bits per heavy atom. The first kappa shape index (κ1) is 20.2. The number of hydrogen-bond donors (Lipinski definition) is 0. The van der Waals surface area contributed by atoms with Crippen LogP contribution in [-0.2, 0) is 16.1 Å². The molecule has 144 valence electrons. The average molecular weight is 414 g/mol. The fourth-order valence-corrected chi connectivity index (χ4v) is 3.86. The van der Waals surface area contributed by atoms with Crippen LogP contribution in [-0.4, -0.2) is 27.3 Å². The highest BCUT2D eigenvalue weighted by Crippen LogP contribution is 2.37. The molecule has 0 bridgehead atoms. The van der Waals surface area contributed by atoms with Crippen molar-refractivity contribution in [1.82, 2.24) is 14.8 Å². The molecular formula is C21H20ClN3O2S. The number of rotatable bonds is 8. The van der Waals surface area contributed by atoms with E-state index in [1.165, 1.54) is 11.8 Å². The lowest BCUT2D eigenvalue weighted by atomic mass is 10.1. The van der Waals surface area contributed by atoms with E-state index in [0.29, 0.717) is 29.2 Å². The molecule has 1 aromatic heterocycles. The van der Waals surface area contributed by atoms with Gasteiger partial charge in [0.1, 0.15) is 5.25 Å². The van der Waals surface area contributed by atoms with Crippen LogP contribution in [0.25, 0.3) is 11.4 Å². The van der Waals surface area contributed by atoms with Gasteiger partial charge in [0.05, 0.1) is 6.61 Å². The third-order valence-electron chi connectivity index (χ3n) is 3.96. The summed E-state index contributed by atoms with van der Waals surface area (Å²) >= 11 is 7.31. The molecule has 0 amide bonds. The van der Waals surface area contributed by atoms with Gasteiger partial charge in [0.25, 0.3) is 0 Å². The second-order valence-corrected chi connectivity index (χ2v) is 7.38. The van der Waals surface area contributed by atoms with Gasteiger partial charge in [-0.1, -0.05) is 59.8 Å². The normalized spacial score (nSPS) is 11.8. The molecule has 0 saturated carbocycles. The van der Waals surface area contributed by atoms with E-state index in [1.807, 2.05) is 59.2 Å². The molecule has 0 N–H and O–H groups in total. The molecule has 1 atom stereocenters. The number of carbonyl (C=O) groups excluding carboxylic acids is 1. The fourth-order valence-electron chi connectivity index (χ4n) is 2.69.